The summed E-state index contributed by atoms with van der Waals surface area (Å²) in [6.45, 7) is 2.62. The fraction of sp³-hybridized carbons (Fsp3) is 0.389. The highest BCUT2D eigenvalue weighted by molar-refractivity contribution is 9.11. The summed E-state index contributed by atoms with van der Waals surface area (Å²) in [7, 11) is -3.55. The molecule has 1 aliphatic rings. The van der Waals surface area contributed by atoms with Gasteiger partial charge in [0.15, 0.2) is 0 Å². The van der Waals surface area contributed by atoms with Gasteiger partial charge in [-0.3, -0.25) is 4.79 Å². The summed E-state index contributed by atoms with van der Waals surface area (Å²) in [5, 5.41) is 3.02. The highest BCUT2D eigenvalue weighted by atomic mass is 79.9. The van der Waals surface area contributed by atoms with E-state index >= 15 is 0 Å². The van der Waals surface area contributed by atoms with Gasteiger partial charge < -0.3 is 5.32 Å². The zero-order chi connectivity index (χ0) is 18.7. The maximum Gasteiger partial charge on any atom is 0.252 e. The van der Waals surface area contributed by atoms with Crippen molar-refractivity contribution in [3.05, 3.63) is 51.8 Å². The first-order valence-corrected chi connectivity index (χ1v) is 11.5. The molecule has 0 bridgehead atoms. The fourth-order valence-corrected chi connectivity index (χ4v) is 6.78. The zero-order valence-electron chi connectivity index (χ0n) is 14.4. The van der Waals surface area contributed by atoms with Gasteiger partial charge in [-0.2, -0.15) is 4.31 Å². The molecule has 0 radical (unpaired) electrons. The van der Waals surface area contributed by atoms with E-state index in [1.54, 1.807) is 12.1 Å². The molecule has 2 aromatic rings. The molecule has 1 aliphatic heterocycles. The number of nitrogens with one attached hydrogen (secondary N) is 1. The van der Waals surface area contributed by atoms with Gasteiger partial charge in [-0.05, 0) is 53.4 Å². The van der Waals surface area contributed by atoms with Gasteiger partial charge in [0.2, 0.25) is 5.91 Å². The van der Waals surface area contributed by atoms with Crippen molar-refractivity contribution in [2.24, 2.45) is 5.92 Å². The average Bonchev–Trinajstić information content (AvgIpc) is 3.10. The third-order valence-corrected chi connectivity index (χ3v) is 8.51. The maximum atomic E-state index is 12.8. The molecular formula is C18H21BrN2O3S2. The Morgan fingerprint density at radius 2 is 2.00 bits per heavy atom. The summed E-state index contributed by atoms with van der Waals surface area (Å²) in [5.74, 6) is -0.415. The van der Waals surface area contributed by atoms with E-state index in [4.69, 9.17) is 0 Å². The molecule has 2 heterocycles. The molecule has 1 N–H and O–H groups in total. The lowest BCUT2D eigenvalue weighted by Crippen LogP contribution is -2.45. The summed E-state index contributed by atoms with van der Waals surface area (Å²) in [6, 6.07) is 13.0. The van der Waals surface area contributed by atoms with Crippen LogP contribution in [0, 0.1) is 5.92 Å². The predicted molar refractivity (Wildman–Crippen MR) is 107 cm³/mol. The van der Waals surface area contributed by atoms with E-state index in [0.29, 0.717) is 23.6 Å². The average molecular weight is 457 g/mol. The van der Waals surface area contributed by atoms with E-state index in [1.165, 1.54) is 15.6 Å². The van der Waals surface area contributed by atoms with Crippen LogP contribution in [-0.4, -0.2) is 31.7 Å². The highest BCUT2D eigenvalue weighted by Gasteiger charge is 2.34. The van der Waals surface area contributed by atoms with E-state index < -0.39 is 10.0 Å². The van der Waals surface area contributed by atoms with Crippen molar-refractivity contribution in [2.75, 3.05) is 13.1 Å². The number of piperidine rings is 1. The molecule has 3 rings (SSSR count). The number of thiophene rings is 1. The molecule has 0 aliphatic carbocycles. The number of amides is 1. The highest BCUT2D eigenvalue weighted by Crippen LogP contribution is 2.31. The van der Waals surface area contributed by atoms with Gasteiger partial charge in [-0.1, -0.05) is 30.3 Å². The number of sulfonamides is 1. The fourth-order valence-electron chi connectivity index (χ4n) is 3.09. The van der Waals surface area contributed by atoms with E-state index in [2.05, 4.69) is 21.2 Å². The normalized spacial score (nSPS) is 19.8. The molecule has 0 spiro atoms. The van der Waals surface area contributed by atoms with Gasteiger partial charge in [0.25, 0.3) is 10.0 Å². The van der Waals surface area contributed by atoms with Gasteiger partial charge in [0.1, 0.15) is 4.21 Å². The van der Waals surface area contributed by atoms with Crippen LogP contribution in [0.5, 0.6) is 0 Å². The standard InChI is InChI=1S/C18H21BrN2O3S2/c1-13(14-6-3-2-4-7-14)20-18(22)15-8-5-11-21(12-15)26(23,24)17-10-9-16(19)25-17/h2-4,6-7,9-10,13,15H,5,8,11-12H2,1H3,(H,20,22). The Morgan fingerprint density at radius 3 is 2.65 bits per heavy atom. The lowest BCUT2D eigenvalue weighted by molar-refractivity contribution is -0.126. The second kappa shape index (κ2) is 8.21. The van der Waals surface area contributed by atoms with Crippen LogP contribution < -0.4 is 5.32 Å². The van der Waals surface area contributed by atoms with Crippen molar-refractivity contribution < 1.29 is 13.2 Å². The van der Waals surface area contributed by atoms with Crippen LogP contribution in [0.4, 0.5) is 0 Å². The quantitative estimate of drug-likeness (QED) is 0.743. The molecule has 2 unspecified atom stereocenters. The maximum absolute atomic E-state index is 12.8. The van der Waals surface area contributed by atoms with Crippen LogP contribution in [0.1, 0.15) is 31.4 Å². The number of carbonyl (C=O) groups excluding carboxylic acids is 1. The molecule has 140 valence electrons. The molecule has 5 nitrogen and oxygen atoms in total. The SMILES string of the molecule is CC(NC(=O)C1CCCN(S(=O)(=O)c2ccc(Br)s2)C1)c1ccccc1. The Hall–Kier alpha value is -1.22. The molecule has 1 amide bonds. The first kappa shape index (κ1) is 19.5. The summed E-state index contributed by atoms with van der Waals surface area (Å²) < 4.78 is 28.1. The minimum Gasteiger partial charge on any atom is -0.349 e. The summed E-state index contributed by atoms with van der Waals surface area (Å²) in [5.41, 5.74) is 1.03. The Balaban J connectivity index is 1.67. The molecule has 2 atom stereocenters. The Morgan fingerprint density at radius 1 is 1.27 bits per heavy atom. The molecule has 1 fully saturated rings. The molecule has 1 saturated heterocycles. The number of nitrogens with zero attached hydrogens (tertiary/aromatic N) is 1. The smallest absolute Gasteiger partial charge is 0.252 e. The number of rotatable bonds is 5. The Kier molecular flexibility index (Phi) is 6.17. The van der Waals surface area contributed by atoms with Crippen LogP contribution in [0.3, 0.4) is 0 Å². The van der Waals surface area contributed by atoms with Crippen molar-refractivity contribution in [3.8, 4) is 0 Å². The molecule has 8 heteroatoms. The van der Waals surface area contributed by atoms with Gasteiger partial charge in [-0.25, -0.2) is 8.42 Å². The first-order valence-electron chi connectivity index (χ1n) is 8.49. The van der Waals surface area contributed by atoms with E-state index in [-0.39, 0.29) is 24.4 Å². The zero-order valence-corrected chi connectivity index (χ0v) is 17.6. The minimum atomic E-state index is -3.55. The van der Waals surface area contributed by atoms with Crippen molar-refractivity contribution in [3.63, 3.8) is 0 Å². The third kappa shape index (κ3) is 4.36. The monoisotopic (exact) mass is 456 g/mol. The lowest BCUT2D eigenvalue weighted by Gasteiger charge is -2.31. The second-order valence-corrected chi connectivity index (χ2v) is 11.0. The number of hydrogen-bond donors (Lipinski definition) is 1. The van der Waals surface area contributed by atoms with Crippen LogP contribution >= 0.6 is 27.3 Å². The molecule has 0 saturated carbocycles. The summed E-state index contributed by atoms with van der Waals surface area (Å²) >= 11 is 4.50. The topological polar surface area (TPSA) is 66.5 Å². The second-order valence-electron chi connectivity index (χ2n) is 6.40. The van der Waals surface area contributed by atoms with E-state index in [0.717, 1.165) is 9.35 Å². The Labute approximate surface area is 166 Å². The molecule has 1 aromatic carbocycles. The summed E-state index contributed by atoms with van der Waals surface area (Å²) in [6.07, 6.45) is 1.39. The predicted octanol–water partition coefficient (Wildman–Crippen LogP) is 3.79. The summed E-state index contributed by atoms with van der Waals surface area (Å²) in [4.78, 5) is 12.7. The molecule has 26 heavy (non-hydrogen) atoms. The number of carbonyl (C=O) groups is 1. The van der Waals surface area contributed by atoms with Crippen LogP contribution in [0.2, 0.25) is 0 Å². The largest absolute Gasteiger partial charge is 0.349 e. The lowest BCUT2D eigenvalue weighted by atomic mass is 9.98. The first-order chi connectivity index (χ1) is 12.4. The van der Waals surface area contributed by atoms with Crippen molar-refractivity contribution >= 4 is 43.2 Å². The van der Waals surface area contributed by atoms with E-state index in [9.17, 15) is 13.2 Å². The molecular weight excluding hydrogens is 436 g/mol. The number of benzene rings is 1. The third-order valence-electron chi connectivity index (χ3n) is 4.56. The number of halogens is 1. The minimum absolute atomic E-state index is 0.0892. The van der Waals surface area contributed by atoms with Gasteiger partial charge >= 0.3 is 0 Å². The van der Waals surface area contributed by atoms with Crippen molar-refractivity contribution in [2.45, 2.75) is 30.0 Å². The Bertz CT molecular complexity index is 868. The molecule has 1 aromatic heterocycles. The van der Waals surface area contributed by atoms with Gasteiger partial charge in [0.05, 0.1) is 15.7 Å². The van der Waals surface area contributed by atoms with Crippen molar-refractivity contribution in [1.82, 2.24) is 9.62 Å². The number of hydrogen-bond acceptors (Lipinski definition) is 4. The van der Waals surface area contributed by atoms with Crippen molar-refractivity contribution in [1.29, 1.82) is 0 Å². The van der Waals surface area contributed by atoms with Gasteiger partial charge in [0, 0.05) is 13.1 Å². The van der Waals surface area contributed by atoms with E-state index in [1.807, 2.05) is 37.3 Å². The van der Waals surface area contributed by atoms with Crippen LogP contribution in [-0.2, 0) is 14.8 Å². The van der Waals surface area contributed by atoms with Crippen LogP contribution in [0.25, 0.3) is 0 Å². The van der Waals surface area contributed by atoms with Crippen LogP contribution in [0.15, 0.2) is 50.5 Å². The van der Waals surface area contributed by atoms with Gasteiger partial charge in [-0.15, -0.1) is 11.3 Å².